The number of carbonyl (C=O) groups excluding carboxylic acids is 2. The van der Waals surface area contributed by atoms with Crippen LogP contribution in [0.5, 0.6) is 11.5 Å². The third-order valence-corrected chi connectivity index (χ3v) is 6.25. The maximum atomic E-state index is 13.3. The van der Waals surface area contributed by atoms with Crippen molar-refractivity contribution >= 4 is 27.5 Å². The normalized spacial score (nSPS) is 13.3. The quantitative estimate of drug-likeness (QED) is 0.589. The summed E-state index contributed by atoms with van der Waals surface area (Å²) < 4.78 is 49.9. The lowest BCUT2D eigenvalue weighted by atomic mass is 10.1. The highest BCUT2D eigenvalue weighted by atomic mass is 32.2. The lowest BCUT2D eigenvalue weighted by molar-refractivity contribution is -0.139. The molecule has 0 spiro atoms. The monoisotopic (exact) mass is 479 g/mol. The first-order valence-corrected chi connectivity index (χ1v) is 12.1. The minimum absolute atomic E-state index is 0.00381. The first-order chi connectivity index (χ1) is 15.6. The van der Waals surface area contributed by atoms with Gasteiger partial charge in [-0.25, -0.2) is 12.8 Å². The Bertz CT molecular complexity index is 1120. The van der Waals surface area contributed by atoms with Gasteiger partial charge in [-0.1, -0.05) is 12.1 Å². The van der Waals surface area contributed by atoms with Gasteiger partial charge in [-0.3, -0.25) is 13.9 Å². The molecule has 2 amide bonds. The van der Waals surface area contributed by atoms with Crippen molar-refractivity contribution in [2.45, 2.75) is 26.4 Å². The molecule has 1 N–H and O–H groups in total. The minimum Gasteiger partial charge on any atom is -0.454 e. The topological polar surface area (TPSA) is 105 Å². The number of halogens is 1. The average Bonchev–Trinajstić information content (AvgIpc) is 3.23. The summed E-state index contributed by atoms with van der Waals surface area (Å²) in [5.74, 6) is -0.573. The average molecular weight is 480 g/mol. The Morgan fingerprint density at radius 3 is 2.42 bits per heavy atom. The number of fused-ring (bicyclic) bond motifs is 1. The van der Waals surface area contributed by atoms with E-state index < -0.39 is 34.3 Å². The summed E-state index contributed by atoms with van der Waals surface area (Å²) in [6, 6.07) is 9.19. The molecule has 9 nitrogen and oxygen atoms in total. The van der Waals surface area contributed by atoms with E-state index >= 15 is 0 Å². The molecular weight excluding hydrogens is 453 g/mol. The van der Waals surface area contributed by atoms with E-state index in [-0.39, 0.29) is 24.9 Å². The fourth-order valence-corrected chi connectivity index (χ4v) is 4.19. The molecule has 1 unspecified atom stereocenters. The number of hydrogen-bond acceptors (Lipinski definition) is 6. The summed E-state index contributed by atoms with van der Waals surface area (Å²) in [4.78, 5) is 27.1. The molecule has 0 aromatic heterocycles. The van der Waals surface area contributed by atoms with Gasteiger partial charge in [0.1, 0.15) is 18.4 Å². The Hall–Kier alpha value is -3.34. The van der Waals surface area contributed by atoms with Crippen LogP contribution >= 0.6 is 0 Å². The molecule has 2 aromatic rings. The Morgan fingerprint density at radius 1 is 1.12 bits per heavy atom. The van der Waals surface area contributed by atoms with Gasteiger partial charge in [-0.15, -0.1) is 0 Å². The van der Waals surface area contributed by atoms with Crippen molar-refractivity contribution < 1.29 is 31.9 Å². The van der Waals surface area contributed by atoms with E-state index in [4.69, 9.17) is 9.47 Å². The highest BCUT2D eigenvalue weighted by Gasteiger charge is 2.30. The molecule has 1 aliphatic rings. The van der Waals surface area contributed by atoms with Crippen LogP contribution in [0.2, 0.25) is 0 Å². The van der Waals surface area contributed by atoms with E-state index in [1.165, 1.54) is 41.3 Å². The minimum atomic E-state index is -3.86. The number of rotatable bonds is 9. The van der Waals surface area contributed by atoms with Crippen LogP contribution in [0.25, 0.3) is 0 Å². The van der Waals surface area contributed by atoms with Gasteiger partial charge in [-0.2, -0.15) is 0 Å². The van der Waals surface area contributed by atoms with E-state index in [1.807, 2.05) is 0 Å². The zero-order valence-corrected chi connectivity index (χ0v) is 19.4. The van der Waals surface area contributed by atoms with Crippen molar-refractivity contribution in [3.8, 4) is 11.5 Å². The molecule has 1 heterocycles. The fraction of sp³-hybridized carbons (Fsp3) is 0.364. The predicted molar refractivity (Wildman–Crippen MR) is 120 cm³/mol. The van der Waals surface area contributed by atoms with Gasteiger partial charge in [0.15, 0.2) is 11.5 Å². The number of anilines is 1. The Balaban J connectivity index is 1.90. The van der Waals surface area contributed by atoms with E-state index in [2.05, 4.69) is 5.32 Å². The van der Waals surface area contributed by atoms with Gasteiger partial charge in [-0.05, 0) is 43.7 Å². The van der Waals surface area contributed by atoms with Crippen molar-refractivity contribution in [3.05, 3.63) is 53.8 Å². The largest absolute Gasteiger partial charge is 0.454 e. The van der Waals surface area contributed by atoms with Crippen molar-refractivity contribution in [1.29, 1.82) is 0 Å². The third-order valence-electron chi connectivity index (χ3n) is 5.11. The smallest absolute Gasteiger partial charge is 0.244 e. The molecule has 178 valence electrons. The molecular formula is C22H26FN3O6S. The summed E-state index contributed by atoms with van der Waals surface area (Å²) in [5, 5.41) is 2.66. The Kier molecular flexibility index (Phi) is 7.42. The number of likely N-dealkylation sites (N-methyl/N-ethyl adjacent to an activating group) is 1. The maximum Gasteiger partial charge on any atom is 0.244 e. The third kappa shape index (κ3) is 5.92. The van der Waals surface area contributed by atoms with Gasteiger partial charge in [0.05, 0.1) is 11.9 Å². The van der Waals surface area contributed by atoms with Crippen LogP contribution in [0.3, 0.4) is 0 Å². The molecule has 11 heteroatoms. The lowest BCUT2D eigenvalue weighted by Gasteiger charge is -2.31. The number of benzene rings is 2. The molecule has 33 heavy (non-hydrogen) atoms. The van der Waals surface area contributed by atoms with Crippen LogP contribution in [-0.2, 0) is 26.2 Å². The van der Waals surface area contributed by atoms with Crippen LogP contribution in [-0.4, -0.2) is 57.3 Å². The maximum absolute atomic E-state index is 13.3. The summed E-state index contributed by atoms with van der Waals surface area (Å²) in [7, 11) is -3.86. The summed E-state index contributed by atoms with van der Waals surface area (Å²) in [5.41, 5.74) is 0.817. The molecule has 0 aliphatic carbocycles. The zero-order chi connectivity index (χ0) is 24.2. The number of sulfonamides is 1. The summed E-state index contributed by atoms with van der Waals surface area (Å²) in [6.45, 7) is 3.15. The SMILES string of the molecule is CCNC(=O)C(C)N(Cc1ccc(F)cc1)C(=O)CN(c1ccc2c(c1)OCO2)S(C)(=O)=O. The van der Waals surface area contributed by atoms with E-state index in [9.17, 15) is 22.4 Å². The van der Waals surface area contributed by atoms with E-state index in [0.717, 1.165) is 10.6 Å². The van der Waals surface area contributed by atoms with Gasteiger partial charge in [0, 0.05) is 19.2 Å². The Morgan fingerprint density at radius 2 is 1.79 bits per heavy atom. The second-order valence-corrected chi connectivity index (χ2v) is 9.43. The number of carbonyl (C=O) groups is 2. The van der Waals surface area contributed by atoms with Crippen LogP contribution < -0.4 is 19.1 Å². The van der Waals surface area contributed by atoms with Crippen LogP contribution in [0.4, 0.5) is 10.1 Å². The molecule has 0 bridgehead atoms. The van der Waals surface area contributed by atoms with Crippen LogP contribution in [0.1, 0.15) is 19.4 Å². The summed E-state index contributed by atoms with van der Waals surface area (Å²) >= 11 is 0. The molecule has 0 saturated heterocycles. The van der Waals surface area contributed by atoms with Crippen molar-refractivity contribution in [1.82, 2.24) is 10.2 Å². The first-order valence-electron chi connectivity index (χ1n) is 10.3. The highest BCUT2D eigenvalue weighted by molar-refractivity contribution is 7.92. The number of nitrogens with zero attached hydrogens (tertiary/aromatic N) is 2. The first kappa shape index (κ1) is 24.3. The Labute approximate surface area is 192 Å². The standard InChI is InChI=1S/C22H26FN3O6S/c1-4-24-22(28)15(2)25(12-16-5-7-17(23)8-6-16)21(27)13-26(33(3,29)30)18-9-10-19-20(11-18)32-14-31-19/h5-11,15H,4,12-14H2,1-3H3,(H,24,28). The second-order valence-electron chi connectivity index (χ2n) is 7.53. The zero-order valence-electron chi connectivity index (χ0n) is 18.6. The molecule has 0 saturated carbocycles. The number of hydrogen-bond donors (Lipinski definition) is 1. The van der Waals surface area contributed by atoms with Crippen molar-refractivity contribution in [2.75, 3.05) is 30.4 Å². The number of nitrogens with one attached hydrogen (secondary N) is 1. The van der Waals surface area contributed by atoms with Crippen LogP contribution in [0.15, 0.2) is 42.5 Å². The van der Waals surface area contributed by atoms with Crippen molar-refractivity contribution in [3.63, 3.8) is 0 Å². The van der Waals surface area contributed by atoms with Gasteiger partial charge in [0.25, 0.3) is 0 Å². The second kappa shape index (κ2) is 10.1. The van der Waals surface area contributed by atoms with E-state index in [0.29, 0.717) is 23.6 Å². The van der Waals surface area contributed by atoms with Crippen LogP contribution in [0, 0.1) is 5.82 Å². The van der Waals surface area contributed by atoms with Gasteiger partial charge >= 0.3 is 0 Å². The molecule has 1 atom stereocenters. The molecule has 3 rings (SSSR count). The summed E-state index contributed by atoms with van der Waals surface area (Å²) in [6.07, 6.45) is 0.988. The lowest BCUT2D eigenvalue weighted by Crippen LogP contribution is -2.51. The molecule has 1 aliphatic heterocycles. The molecule has 0 fully saturated rings. The fourth-order valence-electron chi connectivity index (χ4n) is 3.35. The van der Waals surface area contributed by atoms with E-state index in [1.54, 1.807) is 19.9 Å². The van der Waals surface area contributed by atoms with Gasteiger partial charge in [0.2, 0.25) is 28.6 Å². The van der Waals surface area contributed by atoms with Gasteiger partial charge < -0.3 is 19.7 Å². The molecule has 2 aromatic carbocycles. The highest BCUT2D eigenvalue weighted by Crippen LogP contribution is 2.36. The number of amides is 2. The molecule has 0 radical (unpaired) electrons. The van der Waals surface area contributed by atoms with Crippen molar-refractivity contribution in [2.24, 2.45) is 0 Å². The number of ether oxygens (including phenoxy) is 2. The predicted octanol–water partition coefficient (Wildman–Crippen LogP) is 1.87.